The number of hydrogen-bond acceptors (Lipinski definition) is 2. The van der Waals surface area contributed by atoms with E-state index in [-0.39, 0.29) is 16.8 Å². The lowest BCUT2D eigenvalue weighted by atomic mass is 10.0. The molecule has 3 rings (SSSR count). The Balaban J connectivity index is 2.01. The highest BCUT2D eigenvalue weighted by Crippen LogP contribution is 2.10. The SMILES string of the molecule is CC(=O)c1cn(Cc2ccccc2)cc(Cc2ccccc2)c1=O. The molecule has 0 aliphatic rings. The molecule has 1 aromatic heterocycles. The summed E-state index contributed by atoms with van der Waals surface area (Å²) in [6, 6.07) is 19.8. The molecule has 0 bridgehead atoms. The number of carbonyl (C=O) groups is 1. The summed E-state index contributed by atoms with van der Waals surface area (Å²) in [6.07, 6.45) is 4.04. The number of ketones is 1. The van der Waals surface area contributed by atoms with E-state index in [2.05, 4.69) is 0 Å². The molecule has 0 spiro atoms. The second-order valence-electron chi connectivity index (χ2n) is 5.90. The largest absolute Gasteiger partial charge is 0.349 e. The van der Waals surface area contributed by atoms with Crippen molar-refractivity contribution >= 4 is 5.78 Å². The number of hydrogen-bond donors (Lipinski definition) is 0. The highest BCUT2D eigenvalue weighted by Gasteiger charge is 2.12. The lowest BCUT2D eigenvalue weighted by molar-refractivity contribution is 0.101. The molecular formula is C21H19NO2. The number of rotatable bonds is 5. The Morgan fingerprint density at radius 3 is 2.04 bits per heavy atom. The van der Waals surface area contributed by atoms with Gasteiger partial charge in [-0.3, -0.25) is 9.59 Å². The molecule has 3 heteroatoms. The van der Waals surface area contributed by atoms with Gasteiger partial charge in [0.05, 0.1) is 5.56 Å². The standard InChI is InChI=1S/C21H19NO2/c1-16(23)20-15-22(13-18-10-6-3-7-11-18)14-19(21(20)24)12-17-8-4-2-5-9-17/h2-11,14-15H,12-13H2,1H3. The average Bonchev–Trinajstić information content (AvgIpc) is 2.59. The van der Waals surface area contributed by atoms with E-state index in [4.69, 9.17) is 0 Å². The molecule has 0 N–H and O–H groups in total. The summed E-state index contributed by atoms with van der Waals surface area (Å²) in [5.74, 6) is -0.197. The van der Waals surface area contributed by atoms with Crippen LogP contribution in [0.25, 0.3) is 0 Å². The molecule has 0 unspecified atom stereocenters. The van der Waals surface area contributed by atoms with Crippen LogP contribution in [-0.4, -0.2) is 10.4 Å². The highest BCUT2D eigenvalue weighted by atomic mass is 16.1. The van der Waals surface area contributed by atoms with Gasteiger partial charge in [-0.15, -0.1) is 0 Å². The summed E-state index contributed by atoms with van der Waals surface area (Å²) < 4.78 is 1.92. The number of aromatic nitrogens is 1. The van der Waals surface area contributed by atoms with E-state index >= 15 is 0 Å². The topological polar surface area (TPSA) is 39.1 Å². The summed E-state index contributed by atoms with van der Waals surface area (Å²) >= 11 is 0. The first kappa shape index (κ1) is 15.9. The zero-order chi connectivity index (χ0) is 16.9. The van der Waals surface area contributed by atoms with Crippen molar-refractivity contribution in [1.82, 2.24) is 4.57 Å². The first-order valence-electron chi connectivity index (χ1n) is 7.95. The highest BCUT2D eigenvalue weighted by molar-refractivity contribution is 5.93. The summed E-state index contributed by atoms with van der Waals surface area (Å²) in [7, 11) is 0. The van der Waals surface area contributed by atoms with Gasteiger partial charge in [-0.2, -0.15) is 0 Å². The maximum atomic E-state index is 12.6. The van der Waals surface area contributed by atoms with Crippen LogP contribution in [0, 0.1) is 0 Å². The van der Waals surface area contributed by atoms with Crippen LogP contribution in [0.5, 0.6) is 0 Å². The van der Waals surface area contributed by atoms with Crippen LogP contribution in [0.3, 0.4) is 0 Å². The zero-order valence-electron chi connectivity index (χ0n) is 13.6. The molecule has 0 aliphatic carbocycles. The molecule has 2 aromatic carbocycles. The molecule has 24 heavy (non-hydrogen) atoms. The quantitative estimate of drug-likeness (QED) is 0.673. The third-order valence-electron chi connectivity index (χ3n) is 3.98. The van der Waals surface area contributed by atoms with Crippen LogP contribution in [-0.2, 0) is 13.0 Å². The monoisotopic (exact) mass is 317 g/mol. The zero-order valence-corrected chi connectivity index (χ0v) is 13.6. The molecule has 0 atom stereocenters. The third kappa shape index (κ3) is 3.69. The van der Waals surface area contributed by atoms with Crippen LogP contribution in [0.15, 0.2) is 77.9 Å². The minimum atomic E-state index is -0.197. The van der Waals surface area contributed by atoms with Crippen molar-refractivity contribution < 1.29 is 4.79 Å². The first-order valence-corrected chi connectivity index (χ1v) is 7.95. The van der Waals surface area contributed by atoms with Crippen LogP contribution in [0.1, 0.15) is 34.0 Å². The Morgan fingerprint density at radius 2 is 1.46 bits per heavy atom. The van der Waals surface area contributed by atoms with Gasteiger partial charge in [0.1, 0.15) is 0 Å². The van der Waals surface area contributed by atoms with E-state index in [0.717, 1.165) is 11.1 Å². The Hall–Kier alpha value is -2.94. The van der Waals surface area contributed by atoms with E-state index in [1.54, 1.807) is 6.20 Å². The maximum absolute atomic E-state index is 12.6. The fourth-order valence-electron chi connectivity index (χ4n) is 2.77. The minimum absolute atomic E-state index is 0.171. The van der Waals surface area contributed by atoms with E-state index in [0.29, 0.717) is 18.5 Å². The molecule has 3 aromatic rings. The first-order chi connectivity index (χ1) is 11.6. The molecule has 120 valence electrons. The van der Waals surface area contributed by atoms with Crippen LogP contribution >= 0.6 is 0 Å². The van der Waals surface area contributed by atoms with Gasteiger partial charge in [0.25, 0.3) is 0 Å². The van der Waals surface area contributed by atoms with Crippen molar-refractivity contribution in [3.8, 4) is 0 Å². The van der Waals surface area contributed by atoms with E-state index < -0.39 is 0 Å². The van der Waals surface area contributed by atoms with Gasteiger partial charge >= 0.3 is 0 Å². The molecule has 0 saturated heterocycles. The lowest BCUT2D eigenvalue weighted by Gasteiger charge is -2.11. The predicted molar refractivity (Wildman–Crippen MR) is 95.5 cm³/mol. The van der Waals surface area contributed by atoms with Gasteiger partial charge in [-0.05, 0) is 18.1 Å². The van der Waals surface area contributed by atoms with E-state index in [9.17, 15) is 9.59 Å². The molecule has 1 heterocycles. The van der Waals surface area contributed by atoms with Crippen molar-refractivity contribution in [1.29, 1.82) is 0 Å². The van der Waals surface area contributed by atoms with E-state index in [1.807, 2.05) is 71.4 Å². The summed E-state index contributed by atoms with van der Waals surface area (Å²) in [4.78, 5) is 24.4. The second kappa shape index (κ2) is 7.09. The van der Waals surface area contributed by atoms with Gasteiger partial charge < -0.3 is 4.57 Å². The van der Waals surface area contributed by atoms with Crippen molar-refractivity contribution in [3.63, 3.8) is 0 Å². The fourth-order valence-corrected chi connectivity index (χ4v) is 2.77. The number of Topliss-reactive ketones (excluding diaryl/α,β-unsaturated/α-hetero) is 1. The smallest absolute Gasteiger partial charge is 0.195 e. The summed E-state index contributed by atoms with van der Waals surface area (Å²) in [6.45, 7) is 2.07. The van der Waals surface area contributed by atoms with E-state index in [1.165, 1.54) is 6.92 Å². The summed E-state index contributed by atoms with van der Waals surface area (Å²) in [5, 5.41) is 0. The molecule has 0 saturated carbocycles. The van der Waals surface area contributed by atoms with Gasteiger partial charge in [0.15, 0.2) is 11.2 Å². The Bertz CT molecular complexity index is 896. The van der Waals surface area contributed by atoms with Crippen molar-refractivity contribution in [2.24, 2.45) is 0 Å². The Morgan fingerprint density at radius 1 is 0.875 bits per heavy atom. The molecular weight excluding hydrogens is 298 g/mol. The minimum Gasteiger partial charge on any atom is -0.349 e. The molecule has 0 amide bonds. The van der Waals surface area contributed by atoms with Crippen LogP contribution < -0.4 is 5.43 Å². The Labute approximate surface area is 141 Å². The molecule has 0 aliphatic heterocycles. The fraction of sp³-hybridized carbons (Fsp3) is 0.143. The number of nitrogens with zero attached hydrogens (tertiary/aromatic N) is 1. The second-order valence-corrected chi connectivity index (χ2v) is 5.90. The van der Waals surface area contributed by atoms with Gasteiger partial charge in [-0.1, -0.05) is 60.7 Å². The van der Waals surface area contributed by atoms with Gasteiger partial charge in [0, 0.05) is 30.9 Å². The third-order valence-corrected chi connectivity index (χ3v) is 3.98. The number of carbonyl (C=O) groups excluding carboxylic acids is 1. The lowest BCUT2D eigenvalue weighted by Crippen LogP contribution is -2.21. The molecule has 0 radical (unpaired) electrons. The Kier molecular flexibility index (Phi) is 4.71. The number of pyridine rings is 1. The predicted octanol–water partition coefficient (Wildman–Crippen LogP) is 3.69. The van der Waals surface area contributed by atoms with Crippen LogP contribution in [0.4, 0.5) is 0 Å². The summed E-state index contributed by atoms with van der Waals surface area (Å²) in [5.41, 5.74) is 2.91. The van der Waals surface area contributed by atoms with Crippen molar-refractivity contribution in [2.75, 3.05) is 0 Å². The normalized spacial score (nSPS) is 10.5. The van der Waals surface area contributed by atoms with Crippen molar-refractivity contribution in [3.05, 3.63) is 106 Å². The molecule has 3 nitrogen and oxygen atoms in total. The average molecular weight is 317 g/mol. The number of benzene rings is 2. The van der Waals surface area contributed by atoms with Gasteiger partial charge in [-0.25, -0.2) is 0 Å². The molecule has 0 fully saturated rings. The maximum Gasteiger partial charge on any atom is 0.195 e. The van der Waals surface area contributed by atoms with Gasteiger partial charge in [0.2, 0.25) is 0 Å². The van der Waals surface area contributed by atoms with Crippen LogP contribution in [0.2, 0.25) is 0 Å². The van der Waals surface area contributed by atoms with Crippen molar-refractivity contribution in [2.45, 2.75) is 19.9 Å².